The summed E-state index contributed by atoms with van der Waals surface area (Å²) >= 11 is 0. The van der Waals surface area contributed by atoms with Gasteiger partial charge >= 0.3 is 10.1 Å². The molecule has 1 N–H and O–H groups in total. The SMILES string of the molecule is CC/C=C\C/C=C\C/C=C\CCCCCCC(C)C(=O)S(=O)(=O)O. The van der Waals surface area contributed by atoms with Gasteiger partial charge in [-0.3, -0.25) is 9.35 Å². The Kier molecular flexibility index (Phi) is 13.5. The van der Waals surface area contributed by atoms with E-state index in [-0.39, 0.29) is 0 Å². The van der Waals surface area contributed by atoms with E-state index in [1.165, 1.54) is 0 Å². The van der Waals surface area contributed by atoms with Crippen LogP contribution in [0.3, 0.4) is 0 Å². The molecule has 0 radical (unpaired) electrons. The van der Waals surface area contributed by atoms with Gasteiger partial charge in [0.15, 0.2) is 0 Å². The third-order valence-corrected chi connectivity index (χ3v) is 4.61. The Hall–Kier alpha value is -1.20. The monoisotopic (exact) mass is 356 g/mol. The molecule has 0 aromatic carbocycles. The molecule has 0 saturated heterocycles. The summed E-state index contributed by atoms with van der Waals surface area (Å²) in [6.07, 6.45) is 21.6. The Balaban J connectivity index is 3.56. The van der Waals surface area contributed by atoms with Crippen LogP contribution in [0.15, 0.2) is 36.5 Å². The minimum atomic E-state index is -4.53. The van der Waals surface area contributed by atoms with Gasteiger partial charge in [0, 0.05) is 5.92 Å². The maximum absolute atomic E-state index is 11.3. The molecule has 0 spiro atoms. The van der Waals surface area contributed by atoms with Crippen molar-refractivity contribution in [2.75, 3.05) is 0 Å². The molecule has 0 aromatic heterocycles. The molecule has 138 valence electrons. The number of hydrogen-bond donors (Lipinski definition) is 1. The highest BCUT2D eigenvalue weighted by Crippen LogP contribution is 2.14. The van der Waals surface area contributed by atoms with Crippen molar-refractivity contribution in [2.45, 2.75) is 71.6 Å². The van der Waals surface area contributed by atoms with Gasteiger partial charge < -0.3 is 0 Å². The average Bonchev–Trinajstić information content (AvgIpc) is 2.53. The summed E-state index contributed by atoms with van der Waals surface area (Å²) in [5.74, 6) is -0.626. The zero-order valence-electron chi connectivity index (χ0n) is 15.0. The fourth-order valence-electron chi connectivity index (χ4n) is 2.26. The summed E-state index contributed by atoms with van der Waals surface area (Å²) in [7, 11) is -4.53. The first-order chi connectivity index (χ1) is 11.4. The molecule has 1 atom stereocenters. The predicted octanol–water partition coefficient (Wildman–Crippen LogP) is 5.24. The fourth-order valence-corrected chi connectivity index (χ4v) is 2.89. The molecule has 0 aliphatic rings. The minimum Gasteiger partial charge on any atom is -0.280 e. The van der Waals surface area contributed by atoms with Crippen LogP contribution >= 0.6 is 0 Å². The average molecular weight is 357 g/mol. The fraction of sp³-hybridized carbons (Fsp3) is 0.632. The van der Waals surface area contributed by atoms with Crippen LogP contribution < -0.4 is 0 Å². The van der Waals surface area contributed by atoms with E-state index in [2.05, 4.69) is 43.4 Å². The smallest absolute Gasteiger partial charge is 0.280 e. The highest BCUT2D eigenvalue weighted by molar-refractivity contribution is 8.01. The first-order valence-corrected chi connectivity index (χ1v) is 10.3. The maximum atomic E-state index is 11.3. The van der Waals surface area contributed by atoms with Crippen molar-refractivity contribution >= 4 is 15.2 Å². The van der Waals surface area contributed by atoms with Crippen molar-refractivity contribution in [1.82, 2.24) is 0 Å². The van der Waals surface area contributed by atoms with E-state index in [1.807, 2.05) is 0 Å². The molecular formula is C19H32O4S. The topological polar surface area (TPSA) is 71.4 Å². The summed E-state index contributed by atoms with van der Waals surface area (Å²) in [5.41, 5.74) is 0. The lowest BCUT2D eigenvalue weighted by atomic mass is 10.0. The summed E-state index contributed by atoms with van der Waals surface area (Å²) < 4.78 is 30.1. The molecule has 0 heterocycles. The van der Waals surface area contributed by atoms with Crippen LogP contribution in [-0.2, 0) is 14.9 Å². The summed E-state index contributed by atoms with van der Waals surface area (Å²) in [4.78, 5) is 11.3. The Morgan fingerprint density at radius 1 is 0.917 bits per heavy atom. The zero-order chi connectivity index (χ0) is 18.3. The van der Waals surface area contributed by atoms with Gasteiger partial charge in [-0.15, -0.1) is 0 Å². The number of carbonyl (C=O) groups is 1. The number of carbonyl (C=O) groups excluding carboxylic acids is 1. The predicted molar refractivity (Wildman–Crippen MR) is 100 cm³/mol. The lowest BCUT2D eigenvalue weighted by Gasteiger charge is -2.07. The zero-order valence-corrected chi connectivity index (χ0v) is 15.8. The maximum Gasteiger partial charge on any atom is 0.328 e. The second-order valence-electron chi connectivity index (χ2n) is 5.98. The summed E-state index contributed by atoms with van der Waals surface area (Å²) in [6.45, 7) is 3.67. The molecule has 5 heteroatoms. The van der Waals surface area contributed by atoms with Crippen LogP contribution in [0.4, 0.5) is 0 Å². The van der Waals surface area contributed by atoms with Crippen LogP contribution in [0.2, 0.25) is 0 Å². The second kappa shape index (κ2) is 14.2. The number of unbranched alkanes of at least 4 members (excludes halogenated alkanes) is 4. The second-order valence-corrected chi connectivity index (χ2v) is 7.33. The van der Waals surface area contributed by atoms with Gasteiger partial charge in [-0.1, -0.05) is 69.6 Å². The first-order valence-electron chi connectivity index (χ1n) is 8.86. The standard InChI is InChI=1S/C19H32O4S/c1-3-4-5-6-7-8-9-10-11-12-13-14-15-16-17-18(2)19(20)24(21,22)23/h4-5,7-8,10-11,18H,3,6,9,12-17H2,1-2H3,(H,21,22,23)/b5-4-,8-7-,11-10-. The van der Waals surface area contributed by atoms with Crippen molar-refractivity contribution in [2.24, 2.45) is 5.92 Å². The van der Waals surface area contributed by atoms with E-state index in [9.17, 15) is 13.2 Å². The van der Waals surface area contributed by atoms with E-state index in [0.717, 1.165) is 51.4 Å². The summed E-state index contributed by atoms with van der Waals surface area (Å²) in [5, 5.41) is -1.07. The Bertz CT molecular complexity index is 515. The van der Waals surface area contributed by atoms with Gasteiger partial charge in [-0.2, -0.15) is 8.42 Å². The number of hydrogen-bond acceptors (Lipinski definition) is 3. The van der Waals surface area contributed by atoms with E-state index in [4.69, 9.17) is 4.55 Å². The van der Waals surface area contributed by atoms with Gasteiger partial charge in [0.1, 0.15) is 0 Å². The van der Waals surface area contributed by atoms with Gasteiger partial charge in [0.25, 0.3) is 5.12 Å². The van der Waals surface area contributed by atoms with Gasteiger partial charge in [-0.05, 0) is 38.5 Å². The molecular weight excluding hydrogens is 324 g/mol. The third kappa shape index (κ3) is 13.3. The molecule has 0 fully saturated rings. The molecule has 0 bridgehead atoms. The van der Waals surface area contributed by atoms with Crippen molar-refractivity contribution in [3.8, 4) is 0 Å². The highest BCUT2D eigenvalue weighted by Gasteiger charge is 2.24. The van der Waals surface area contributed by atoms with Crippen LogP contribution in [0.1, 0.15) is 71.6 Å². The lowest BCUT2D eigenvalue weighted by molar-refractivity contribution is -0.115. The lowest BCUT2D eigenvalue weighted by Crippen LogP contribution is -2.21. The van der Waals surface area contributed by atoms with E-state index in [0.29, 0.717) is 6.42 Å². The highest BCUT2D eigenvalue weighted by atomic mass is 32.2. The molecule has 0 aliphatic heterocycles. The van der Waals surface area contributed by atoms with Gasteiger partial charge in [0.05, 0.1) is 0 Å². The normalized spacial score (nSPS) is 14.1. The number of allylic oxidation sites excluding steroid dienone is 6. The summed E-state index contributed by atoms with van der Waals surface area (Å²) in [6, 6.07) is 0. The minimum absolute atomic E-state index is 0.506. The molecule has 1 unspecified atom stereocenters. The molecule has 4 nitrogen and oxygen atoms in total. The van der Waals surface area contributed by atoms with E-state index >= 15 is 0 Å². The van der Waals surface area contributed by atoms with Crippen molar-refractivity contribution in [3.05, 3.63) is 36.5 Å². The van der Waals surface area contributed by atoms with Crippen LogP contribution in [0.25, 0.3) is 0 Å². The van der Waals surface area contributed by atoms with E-state index in [1.54, 1.807) is 6.92 Å². The Morgan fingerprint density at radius 2 is 1.46 bits per heavy atom. The molecule has 24 heavy (non-hydrogen) atoms. The molecule has 0 saturated carbocycles. The van der Waals surface area contributed by atoms with Gasteiger partial charge in [-0.25, -0.2) is 0 Å². The van der Waals surface area contributed by atoms with Crippen molar-refractivity contribution < 1.29 is 17.8 Å². The van der Waals surface area contributed by atoms with Crippen LogP contribution in [0.5, 0.6) is 0 Å². The first kappa shape index (κ1) is 22.8. The van der Waals surface area contributed by atoms with E-state index < -0.39 is 21.2 Å². The Morgan fingerprint density at radius 3 is 2.04 bits per heavy atom. The van der Waals surface area contributed by atoms with Crippen molar-refractivity contribution in [3.63, 3.8) is 0 Å². The molecule has 0 aromatic rings. The quantitative estimate of drug-likeness (QED) is 0.278. The number of rotatable bonds is 13. The van der Waals surface area contributed by atoms with Gasteiger partial charge in [0.2, 0.25) is 0 Å². The molecule has 0 rings (SSSR count). The van der Waals surface area contributed by atoms with Crippen LogP contribution in [0, 0.1) is 5.92 Å². The van der Waals surface area contributed by atoms with Crippen LogP contribution in [-0.4, -0.2) is 18.1 Å². The molecule has 0 amide bonds. The Labute approximate surface area is 147 Å². The molecule has 0 aliphatic carbocycles. The third-order valence-electron chi connectivity index (χ3n) is 3.69. The largest absolute Gasteiger partial charge is 0.328 e. The van der Waals surface area contributed by atoms with Crippen molar-refractivity contribution in [1.29, 1.82) is 0 Å².